The molecule has 0 amide bonds. The zero-order chi connectivity index (χ0) is 12.8. The van der Waals surface area contributed by atoms with Crippen LogP contribution < -0.4 is 0 Å². The molecular weight excluding hydrogens is 312 g/mol. The molecule has 2 nitrogen and oxygen atoms in total. The van der Waals surface area contributed by atoms with Crippen LogP contribution >= 0.6 is 27.5 Å². The molecule has 0 N–H and O–H groups in total. The third-order valence-electron chi connectivity index (χ3n) is 3.43. The van der Waals surface area contributed by atoms with Crippen molar-refractivity contribution in [3.8, 4) is 0 Å². The van der Waals surface area contributed by atoms with Crippen molar-refractivity contribution in [1.82, 2.24) is 9.80 Å². The van der Waals surface area contributed by atoms with Gasteiger partial charge in [0.25, 0.3) is 0 Å². The van der Waals surface area contributed by atoms with Crippen molar-refractivity contribution in [1.29, 1.82) is 0 Å². The van der Waals surface area contributed by atoms with Crippen molar-refractivity contribution < 1.29 is 0 Å². The van der Waals surface area contributed by atoms with E-state index in [1.807, 2.05) is 0 Å². The first kappa shape index (κ1) is 14.3. The Kier molecular flexibility index (Phi) is 5.96. The van der Waals surface area contributed by atoms with Gasteiger partial charge in [0.1, 0.15) is 0 Å². The molecule has 0 aliphatic carbocycles. The quantitative estimate of drug-likeness (QED) is 0.782. The van der Waals surface area contributed by atoms with Gasteiger partial charge < -0.3 is 4.90 Å². The number of rotatable bonds is 4. The van der Waals surface area contributed by atoms with E-state index in [0.29, 0.717) is 0 Å². The molecule has 0 spiro atoms. The summed E-state index contributed by atoms with van der Waals surface area (Å²) in [7, 11) is 0. The fourth-order valence-corrected chi connectivity index (χ4v) is 3.04. The third kappa shape index (κ3) is 4.23. The largest absolute Gasteiger partial charge is 0.301 e. The molecule has 0 radical (unpaired) electrons. The van der Waals surface area contributed by atoms with E-state index in [1.54, 1.807) is 0 Å². The molecule has 1 fully saturated rings. The molecule has 2 rings (SSSR count). The SMILES string of the molecule is ClCCN1CCCN(Cc2ccccc2Br)CC1. The van der Waals surface area contributed by atoms with Crippen LogP contribution in [0.1, 0.15) is 12.0 Å². The van der Waals surface area contributed by atoms with Crippen LogP contribution in [0.2, 0.25) is 0 Å². The summed E-state index contributed by atoms with van der Waals surface area (Å²) in [6.07, 6.45) is 1.24. The molecule has 4 heteroatoms. The standard InChI is InChI=1S/C14H20BrClN2/c15-14-5-2-1-4-13(14)12-18-8-3-7-17(9-6-16)10-11-18/h1-2,4-5H,3,6-12H2. The monoisotopic (exact) mass is 330 g/mol. The average molecular weight is 332 g/mol. The van der Waals surface area contributed by atoms with E-state index >= 15 is 0 Å². The highest BCUT2D eigenvalue weighted by Crippen LogP contribution is 2.18. The van der Waals surface area contributed by atoms with Crippen LogP contribution in [0.5, 0.6) is 0 Å². The number of alkyl halides is 1. The van der Waals surface area contributed by atoms with Gasteiger partial charge in [-0.25, -0.2) is 0 Å². The minimum absolute atomic E-state index is 0.740. The average Bonchev–Trinajstić information content (AvgIpc) is 2.59. The molecule has 0 bridgehead atoms. The molecule has 1 heterocycles. The Balaban J connectivity index is 1.89. The Hall–Kier alpha value is -0.0900. The highest BCUT2D eigenvalue weighted by Gasteiger charge is 2.15. The Bertz CT molecular complexity index is 373. The van der Waals surface area contributed by atoms with E-state index < -0.39 is 0 Å². The first-order chi connectivity index (χ1) is 8.79. The number of hydrogen-bond acceptors (Lipinski definition) is 2. The van der Waals surface area contributed by atoms with Crippen LogP contribution in [0.15, 0.2) is 28.7 Å². The lowest BCUT2D eigenvalue weighted by Crippen LogP contribution is -2.31. The Morgan fingerprint density at radius 3 is 2.56 bits per heavy atom. The maximum atomic E-state index is 5.81. The van der Waals surface area contributed by atoms with Gasteiger partial charge >= 0.3 is 0 Å². The molecule has 100 valence electrons. The lowest BCUT2D eigenvalue weighted by Gasteiger charge is -2.21. The first-order valence-electron chi connectivity index (χ1n) is 6.53. The maximum Gasteiger partial charge on any atom is 0.0351 e. The molecule has 1 saturated heterocycles. The highest BCUT2D eigenvalue weighted by molar-refractivity contribution is 9.10. The summed E-state index contributed by atoms with van der Waals surface area (Å²) in [5, 5.41) is 0. The summed E-state index contributed by atoms with van der Waals surface area (Å²) in [5.41, 5.74) is 1.38. The van der Waals surface area contributed by atoms with Gasteiger partial charge in [0.2, 0.25) is 0 Å². The van der Waals surface area contributed by atoms with Crippen molar-refractivity contribution in [2.24, 2.45) is 0 Å². The van der Waals surface area contributed by atoms with E-state index in [-0.39, 0.29) is 0 Å². The second kappa shape index (κ2) is 7.49. The molecule has 0 atom stereocenters. The summed E-state index contributed by atoms with van der Waals surface area (Å²) in [6, 6.07) is 8.49. The van der Waals surface area contributed by atoms with Crippen LogP contribution in [0.3, 0.4) is 0 Å². The van der Waals surface area contributed by atoms with Crippen LogP contribution in [0, 0.1) is 0 Å². The molecule has 1 aromatic carbocycles. The molecule has 0 saturated carbocycles. The van der Waals surface area contributed by atoms with Gasteiger partial charge in [0.15, 0.2) is 0 Å². The van der Waals surface area contributed by atoms with Crippen LogP contribution in [0.4, 0.5) is 0 Å². The summed E-state index contributed by atoms with van der Waals surface area (Å²) >= 11 is 9.44. The van der Waals surface area contributed by atoms with Gasteiger partial charge in [-0.3, -0.25) is 4.90 Å². The van der Waals surface area contributed by atoms with E-state index in [2.05, 4.69) is 50.0 Å². The Morgan fingerprint density at radius 1 is 1.06 bits per heavy atom. The van der Waals surface area contributed by atoms with E-state index in [9.17, 15) is 0 Å². The van der Waals surface area contributed by atoms with Gasteiger partial charge in [-0.1, -0.05) is 34.1 Å². The summed E-state index contributed by atoms with van der Waals surface area (Å²) in [6.45, 7) is 6.69. The second-order valence-electron chi connectivity index (χ2n) is 4.75. The topological polar surface area (TPSA) is 6.48 Å². The van der Waals surface area contributed by atoms with Crippen LogP contribution in [-0.4, -0.2) is 48.4 Å². The number of hydrogen-bond donors (Lipinski definition) is 0. The molecular formula is C14H20BrClN2. The van der Waals surface area contributed by atoms with E-state index in [0.717, 1.165) is 32.1 Å². The lowest BCUT2D eigenvalue weighted by molar-refractivity contribution is 0.258. The lowest BCUT2D eigenvalue weighted by atomic mass is 10.2. The van der Waals surface area contributed by atoms with Gasteiger partial charge in [0.05, 0.1) is 0 Å². The molecule has 18 heavy (non-hydrogen) atoms. The third-order valence-corrected chi connectivity index (χ3v) is 4.38. The summed E-state index contributed by atoms with van der Waals surface area (Å²) < 4.78 is 1.21. The van der Waals surface area contributed by atoms with Gasteiger partial charge in [-0.2, -0.15) is 0 Å². The number of halogens is 2. The van der Waals surface area contributed by atoms with Crippen molar-refractivity contribution in [3.63, 3.8) is 0 Å². The zero-order valence-electron chi connectivity index (χ0n) is 10.6. The highest BCUT2D eigenvalue weighted by atomic mass is 79.9. The van der Waals surface area contributed by atoms with Crippen molar-refractivity contribution in [3.05, 3.63) is 34.3 Å². The number of nitrogens with zero attached hydrogens (tertiary/aromatic N) is 2. The van der Waals surface area contributed by atoms with Gasteiger partial charge in [-0.05, 0) is 31.1 Å². The smallest absolute Gasteiger partial charge is 0.0351 e. The predicted molar refractivity (Wildman–Crippen MR) is 81.2 cm³/mol. The number of benzene rings is 1. The van der Waals surface area contributed by atoms with Gasteiger partial charge in [-0.15, -0.1) is 11.6 Å². The molecule has 0 unspecified atom stereocenters. The Morgan fingerprint density at radius 2 is 1.78 bits per heavy atom. The van der Waals surface area contributed by atoms with Gasteiger partial charge in [0, 0.05) is 36.5 Å². The normalized spacial score (nSPS) is 18.8. The first-order valence-corrected chi connectivity index (χ1v) is 7.86. The van der Waals surface area contributed by atoms with Crippen molar-refractivity contribution in [2.75, 3.05) is 38.6 Å². The molecule has 1 aliphatic rings. The molecule has 1 aromatic rings. The van der Waals surface area contributed by atoms with E-state index in [1.165, 1.54) is 29.5 Å². The zero-order valence-corrected chi connectivity index (χ0v) is 13.0. The van der Waals surface area contributed by atoms with E-state index in [4.69, 9.17) is 11.6 Å². The molecule has 1 aliphatic heterocycles. The molecule has 0 aromatic heterocycles. The minimum Gasteiger partial charge on any atom is -0.301 e. The fraction of sp³-hybridized carbons (Fsp3) is 0.571. The predicted octanol–water partition coefficient (Wildman–Crippen LogP) is 3.20. The van der Waals surface area contributed by atoms with Crippen molar-refractivity contribution >= 4 is 27.5 Å². The second-order valence-corrected chi connectivity index (χ2v) is 5.98. The summed E-state index contributed by atoms with van der Waals surface area (Å²) in [4.78, 5) is 5.00. The minimum atomic E-state index is 0.740. The van der Waals surface area contributed by atoms with Crippen molar-refractivity contribution in [2.45, 2.75) is 13.0 Å². The fourth-order valence-electron chi connectivity index (χ4n) is 2.39. The Labute approximate surface area is 123 Å². The summed E-state index contributed by atoms with van der Waals surface area (Å²) in [5.74, 6) is 0.740. The maximum absolute atomic E-state index is 5.81. The van der Waals surface area contributed by atoms with Crippen LogP contribution in [0.25, 0.3) is 0 Å². The van der Waals surface area contributed by atoms with Crippen LogP contribution in [-0.2, 0) is 6.54 Å².